The summed E-state index contributed by atoms with van der Waals surface area (Å²) in [5.41, 5.74) is 2.35. The first-order valence-corrected chi connectivity index (χ1v) is 3.29. The number of hydrogen-bond donors (Lipinski definition) is 1. The lowest BCUT2D eigenvalue weighted by molar-refractivity contribution is 1.13. The van der Waals surface area contributed by atoms with Crippen LogP contribution in [0.25, 0.3) is 0 Å². The van der Waals surface area contributed by atoms with Gasteiger partial charge >= 0.3 is 0 Å². The molecule has 0 amide bonds. The van der Waals surface area contributed by atoms with E-state index in [-0.39, 0.29) is 12.4 Å². The molecule has 0 saturated carbocycles. The van der Waals surface area contributed by atoms with Gasteiger partial charge in [-0.05, 0) is 6.07 Å². The molecule has 0 unspecified atom stereocenters. The molecule has 2 rings (SSSR count). The Morgan fingerprint density at radius 3 is 2.91 bits per heavy atom. The van der Waals surface area contributed by atoms with Crippen molar-refractivity contribution in [2.24, 2.45) is 4.99 Å². The molecular weight excluding hydrogens is 160 g/mol. The SMILES string of the molecule is C1=NCNc2ccccc21.Cl. The molecule has 0 spiro atoms. The third kappa shape index (κ3) is 1.52. The van der Waals surface area contributed by atoms with Crippen LogP contribution in [0, 0.1) is 0 Å². The number of halogens is 1. The number of para-hydroxylation sites is 1. The first-order chi connectivity index (χ1) is 4.97. The Morgan fingerprint density at radius 1 is 1.27 bits per heavy atom. The van der Waals surface area contributed by atoms with E-state index in [4.69, 9.17) is 0 Å². The number of aliphatic imine (C=N–C) groups is 1. The van der Waals surface area contributed by atoms with Gasteiger partial charge in [0, 0.05) is 17.5 Å². The second-order valence-electron chi connectivity index (χ2n) is 2.23. The summed E-state index contributed by atoms with van der Waals surface area (Å²) in [7, 11) is 0. The van der Waals surface area contributed by atoms with Crippen LogP contribution in [-0.4, -0.2) is 12.9 Å². The van der Waals surface area contributed by atoms with Crippen LogP contribution in [0.4, 0.5) is 5.69 Å². The predicted octanol–water partition coefficient (Wildman–Crippen LogP) is 1.91. The summed E-state index contributed by atoms with van der Waals surface area (Å²) in [6, 6.07) is 8.13. The van der Waals surface area contributed by atoms with Crippen molar-refractivity contribution in [2.45, 2.75) is 0 Å². The molecule has 11 heavy (non-hydrogen) atoms. The fourth-order valence-electron chi connectivity index (χ4n) is 1.05. The first kappa shape index (κ1) is 8.08. The van der Waals surface area contributed by atoms with E-state index in [0.29, 0.717) is 6.67 Å². The predicted molar refractivity (Wildman–Crippen MR) is 49.8 cm³/mol. The minimum absolute atomic E-state index is 0. The van der Waals surface area contributed by atoms with Crippen molar-refractivity contribution in [1.82, 2.24) is 0 Å². The van der Waals surface area contributed by atoms with Crippen molar-refractivity contribution in [3.8, 4) is 0 Å². The average molecular weight is 169 g/mol. The maximum Gasteiger partial charge on any atom is 0.107 e. The molecule has 1 N–H and O–H groups in total. The highest BCUT2D eigenvalue weighted by atomic mass is 35.5. The molecule has 0 saturated heterocycles. The fraction of sp³-hybridized carbons (Fsp3) is 0.125. The number of benzene rings is 1. The zero-order valence-electron chi connectivity index (χ0n) is 5.95. The molecule has 58 valence electrons. The Labute approximate surface area is 71.8 Å². The van der Waals surface area contributed by atoms with Gasteiger partial charge < -0.3 is 5.32 Å². The highest BCUT2D eigenvalue weighted by Gasteiger charge is 1.99. The quantitative estimate of drug-likeness (QED) is 0.629. The molecule has 3 heteroatoms. The molecule has 0 bridgehead atoms. The Bertz CT molecular complexity index is 271. The van der Waals surface area contributed by atoms with Crippen LogP contribution in [0.2, 0.25) is 0 Å². The van der Waals surface area contributed by atoms with Gasteiger partial charge in [-0.15, -0.1) is 12.4 Å². The highest BCUT2D eigenvalue weighted by molar-refractivity contribution is 5.89. The molecule has 1 aromatic rings. The molecule has 1 aromatic carbocycles. The molecule has 1 heterocycles. The number of rotatable bonds is 0. The van der Waals surface area contributed by atoms with E-state index in [1.54, 1.807) is 0 Å². The molecule has 0 aromatic heterocycles. The largest absolute Gasteiger partial charge is 0.366 e. The Kier molecular flexibility index (Phi) is 2.49. The number of hydrogen-bond acceptors (Lipinski definition) is 2. The van der Waals surface area contributed by atoms with Crippen LogP contribution < -0.4 is 5.32 Å². The van der Waals surface area contributed by atoms with Crippen molar-refractivity contribution in [3.63, 3.8) is 0 Å². The van der Waals surface area contributed by atoms with Crippen LogP contribution in [0.5, 0.6) is 0 Å². The van der Waals surface area contributed by atoms with E-state index in [2.05, 4.69) is 16.4 Å². The first-order valence-electron chi connectivity index (χ1n) is 3.29. The molecule has 0 radical (unpaired) electrons. The summed E-state index contributed by atoms with van der Waals surface area (Å²) < 4.78 is 0. The molecule has 0 aliphatic carbocycles. The van der Waals surface area contributed by atoms with E-state index in [9.17, 15) is 0 Å². The van der Waals surface area contributed by atoms with Gasteiger partial charge in [0.25, 0.3) is 0 Å². The zero-order chi connectivity index (χ0) is 6.81. The standard InChI is InChI=1S/C8H8N2.ClH/c1-2-4-8-7(3-1)5-9-6-10-8;/h1-5,10H,6H2;1H. The van der Waals surface area contributed by atoms with Gasteiger partial charge in [0.2, 0.25) is 0 Å². The molecule has 0 atom stereocenters. The third-order valence-electron chi connectivity index (χ3n) is 1.55. The van der Waals surface area contributed by atoms with Crippen LogP contribution >= 0.6 is 12.4 Å². The Hall–Kier alpha value is -1.02. The summed E-state index contributed by atoms with van der Waals surface area (Å²) in [4.78, 5) is 4.08. The van der Waals surface area contributed by atoms with Gasteiger partial charge in [0.05, 0.1) is 0 Å². The van der Waals surface area contributed by atoms with Gasteiger partial charge in [0.1, 0.15) is 6.67 Å². The Morgan fingerprint density at radius 2 is 2.09 bits per heavy atom. The molecule has 1 aliphatic rings. The van der Waals surface area contributed by atoms with Crippen LogP contribution in [-0.2, 0) is 0 Å². The van der Waals surface area contributed by atoms with Gasteiger partial charge in [-0.1, -0.05) is 18.2 Å². The minimum Gasteiger partial charge on any atom is -0.366 e. The summed E-state index contributed by atoms with van der Waals surface area (Å²) in [5.74, 6) is 0. The maximum atomic E-state index is 4.08. The van der Waals surface area contributed by atoms with Gasteiger partial charge in [-0.2, -0.15) is 0 Å². The van der Waals surface area contributed by atoms with Gasteiger partial charge in [-0.3, -0.25) is 4.99 Å². The summed E-state index contributed by atoms with van der Waals surface area (Å²) in [6.45, 7) is 0.705. The number of nitrogens with zero attached hydrogens (tertiary/aromatic N) is 1. The van der Waals surface area contributed by atoms with E-state index in [1.165, 1.54) is 11.3 Å². The van der Waals surface area contributed by atoms with Crippen molar-refractivity contribution < 1.29 is 0 Å². The average Bonchev–Trinajstić information content (AvgIpc) is 2.05. The lowest BCUT2D eigenvalue weighted by atomic mass is 10.2. The zero-order valence-corrected chi connectivity index (χ0v) is 6.77. The summed E-state index contributed by atoms with van der Waals surface area (Å²) in [5, 5.41) is 3.16. The Balaban J connectivity index is 0.000000605. The van der Waals surface area contributed by atoms with Crippen molar-refractivity contribution in [1.29, 1.82) is 0 Å². The lowest BCUT2D eigenvalue weighted by Crippen LogP contribution is -2.06. The van der Waals surface area contributed by atoms with Crippen LogP contribution in [0.1, 0.15) is 5.56 Å². The second kappa shape index (κ2) is 3.39. The normalized spacial score (nSPS) is 12.7. The second-order valence-corrected chi connectivity index (χ2v) is 2.23. The van der Waals surface area contributed by atoms with Gasteiger partial charge in [0.15, 0.2) is 0 Å². The molecule has 0 fully saturated rings. The third-order valence-corrected chi connectivity index (χ3v) is 1.55. The smallest absolute Gasteiger partial charge is 0.107 e. The lowest BCUT2D eigenvalue weighted by Gasteiger charge is -2.10. The molecule has 1 aliphatic heterocycles. The van der Waals surface area contributed by atoms with E-state index >= 15 is 0 Å². The van der Waals surface area contributed by atoms with E-state index in [0.717, 1.165) is 0 Å². The molecule has 2 nitrogen and oxygen atoms in total. The van der Waals surface area contributed by atoms with Crippen molar-refractivity contribution in [3.05, 3.63) is 29.8 Å². The van der Waals surface area contributed by atoms with Crippen molar-refractivity contribution in [2.75, 3.05) is 12.0 Å². The maximum absolute atomic E-state index is 4.08. The summed E-state index contributed by atoms with van der Waals surface area (Å²) in [6.07, 6.45) is 1.89. The number of fused-ring (bicyclic) bond motifs is 1. The fourth-order valence-corrected chi connectivity index (χ4v) is 1.05. The van der Waals surface area contributed by atoms with E-state index < -0.39 is 0 Å². The van der Waals surface area contributed by atoms with Crippen LogP contribution in [0.15, 0.2) is 29.3 Å². The topological polar surface area (TPSA) is 24.4 Å². The van der Waals surface area contributed by atoms with Crippen molar-refractivity contribution >= 4 is 24.3 Å². The summed E-state index contributed by atoms with van der Waals surface area (Å²) >= 11 is 0. The van der Waals surface area contributed by atoms with E-state index in [1.807, 2.05) is 24.4 Å². The molecular formula is C8H9ClN2. The minimum atomic E-state index is 0. The van der Waals surface area contributed by atoms with Gasteiger partial charge in [-0.25, -0.2) is 0 Å². The van der Waals surface area contributed by atoms with Crippen LogP contribution in [0.3, 0.4) is 0 Å². The number of nitrogens with one attached hydrogen (secondary N) is 1. The highest BCUT2D eigenvalue weighted by Crippen LogP contribution is 2.14. The monoisotopic (exact) mass is 168 g/mol. The number of anilines is 1.